The first-order valence-electron chi connectivity index (χ1n) is 11.3. The van der Waals surface area contributed by atoms with Gasteiger partial charge in [-0.25, -0.2) is 0 Å². The molecule has 6 heteroatoms. The van der Waals surface area contributed by atoms with E-state index >= 15 is 0 Å². The number of piperidine rings is 1. The van der Waals surface area contributed by atoms with Crippen LogP contribution in [0.1, 0.15) is 31.7 Å². The normalized spacial score (nSPS) is 24.3. The van der Waals surface area contributed by atoms with Gasteiger partial charge >= 0.3 is 0 Å². The third kappa shape index (κ3) is 5.70. The Kier molecular flexibility index (Phi) is 7.08. The van der Waals surface area contributed by atoms with Crippen LogP contribution in [0.3, 0.4) is 0 Å². The number of aliphatic hydroxyl groups is 1. The van der Waals surface area contributed by atoms with Gasteiger partial charge in [0.1, 0.15) is 18.5 Å². The molecule has 6 nitrogen and oxygen atoms in total. The molecule has 1 atom stereocenters. The van der Waals surface area contributed by atoms with E-state index in [1.54, 1.807) is 0 Å². The molecule has 0 aromatic heterocycles. The first-order valence-corrected chi connectivity index (χ1v) is 11.3. The van der Waals surface area contributed by atoms with E-state index in [1.807, 2.05) is 6.07 Å². The Labute approximate surface area is 175 Å². The minimum Gasteiger partial charge on any atom is -0.491 e. The van der Waals surface area contributed by atoms with Crippen molar-refractivity contribution in [1.29, 1.82) is 0 Å². The highest BCUT2D eigenvalue weighted by molar-refractivity contribution is 5.28. The van der Waals surface area contributed by atoms with Crippen LogP contribution in [0.25, 0.3) is 0 Å². The molecule has 0 amide bonds. The molecule has 1 unspecified atom stereocenters. The second kappa shape index (κ2) is 9.75. The van der Waals surface area contributed by atoms with Gasteiger partial charge in [0.15, 0.2) is 0 Å². The summed E-state index contributed by atoms with van der Waals surface area (Å²) in [6.07, 6.45) is 3.09. The lowest BCUT2D eigenvalue weighted by Gasteiger charge is -2.47. The number of likely N-dealkylation sites (tertiary alicyclic amines) is 1. The standard InChI is InChI=1S/C23H37N3O3/c1-2-24-11-13-26(14-12-24)18-21(27)19-28-22-5-3-4-20(16-22)17-25-9-6-23(7-10-25)8-15-29-23/h3-5,16,21,27H,2,6-15,17-19H2,1H3. The van der Waals surface area contributed by atoms with E-state index in [0.29, 0.717) is 13.2 Å². The summed E-state index contributed by atoms with van der Waals surface area (Å²) >= 11 is 0. The van der Waals surface area contributed by atoms with Crippen LogP contribution in [-0.2, 0) is 11.3 Å². The van der Waals surface area contributed by atoms with E-state index in [4.69, 9.17) is 9.47 Å². The lowest BCUT2D eigenvalue weighted by Crippen LogP contribution is -2.52. The molecule has 3 heterocycles. The highest BCUT2D eigenvalue weighted by Crippen LogP contribution is 2.37. The van der Waals surface area contributed by atoms with E-state index < -0.39 is 6.10 Å². The van der Waals surface area contributed by atoms with Gasteiger partial charge in [-0.05, 0) is 43.5 Å². The molecule has 0 radical (unpaired) electrons. The fourth-order valence-electron chi connectivity index (χ4n) is 4.73. The molecular weight excluding hydrogens is 366 g/mol. The van der Waals surface area contributed by atoms with Gasteiger partial charge in [0.2, 0.25) is 0 Å². The Balaban J connectivity index is 1.19. The monoisotopic (exact) mass is 403 g/mol. The molecule has 1 spiro atoms. The second-order valence-corrected chi connectivity index (χ2v) is 8.90. The molecule has 29 heavy (non-hydrogen) atoms. The zero-order chi connectivity index (χ0) is 20.1. The molecule has 3 saturated heterocycles. The largest absolute Gasteiger partial charge is 0.491 e. The van der Waals surface area contributed by atoms with Gasteiger partial charge in [-0.15, -0.1) is 0 Å². The SMILES string of the molecule is CCN1CCN(CC(O)COc2cccc(CN3CCC4(CCO4)CC3)c2)CC1. The molecule has 4 rings (SSSR count). The lowest BCUT2D eigenvalue weighted by molar-refractivity contribution is -0.173. The van der Waals surface area contributed by atoms with Crippen LogP contribution >= 0.6 is 0 Å². The van der Waals surface area contributed by atoms with Gasteiger partial charge in [-0.2, -0.15) is 0 Å². The number of β-amino-alcohol motifs (C(OH)–C–C–N with tert-alkyl or cyclic N) is 1. The Morgan fingerprint density at radius 1 is 1.03 bits per heavy atom. The van der Waals surface area contributed by atoms with Crippen LogP contribution in [0, 0.1) is 0 Å². The maximum absolute atomic E-state index is 10.4. The van der Waals surface area contributed by atoms with E-state index in [9.17, 15) is 5.11 Å². The van der Waals surface area contributed by atoms with E-state index in [-0.39, 0.29) is 5.60 Å². The fourth-order valence-corrected chi connectivity index (χ4v) is 4.73. The summed E-state index contributed by atoms with van der Waals surface area (Å²) in [6, 6.07) is 8.34. The van der Waals surface area contributed by atoms with Crippen LogP contribution < -0.4 is 4.74 Å². The predicted octanol–water partition coefficient (Wildman–Crippen LogP) is 1.82. The van der Waals surface area contributed by atoms with Gasteiger partial charge in [0.05, 0.1) is 12.2 Å². The number of ether oxygens (including phenoxy) is 2. The second-order valence-electron chi connectivity index (χ2n) is 8.90. The zero-order valence-corrected chi connectivity index (χ0v) is 17.9. The first-order chi connectivity index (χ1) is 14.1. The summed E-state index contributed by atoms with van der Waals surface area (Å²) in [5, 5.41) is 10.4. The summed E-state index contributed by atoms with van der Waals surface area (Å²) in [4.78, 5) is 7.30. The molecule has 3 aliphatic heterocycles. The maximum atomic E-state index is 10.4. The quantitative estimate of drug-likeness (QED) is 0.715. The molecule has 1 N–H and O–H groups in total. The van der Waals surface area contributed by atoms with Crippen molar-refractivity contribution < 1.29 is 14.6 Å². The predicted molar refractivity (Wildman–Crippen MR) is 114 cm³/mol. The third-order valence-corrected chi connectivity index (χ3v) is 6.86. The van der Waals surface area contributed by atoms with Crippen LogP contribution in [0.5, 0.6) is 5.75 Å². The van der Waals surface area contributed by atoms with Crippen molar-refractivity contribution in [2.45, 2.75) is 44.4 Å². The van der Waals surface area contributed by atoms with Gasteiger partial charge < -0.3 is 19.5 Å². The van der Waals surface area contributed by atoms with E-state index in [1.165, 1.54) is 12.0 Å². The highest BCUT2D eigenvalue weighted by atomic mass is 16.5. The summed E-state index contributed by atoms with van der Waals surface area (Å²) in [5.41, 5.74) is 1.49. The van der Waals surface area contributed by atoms with Crippen molar-refractivity contribution in [3.63, 3.8) is 0 Å². The summed E-state index contributed by atoms with van der Waals surface area (Å²) in [7, 11) is 0. The molecule has 0 saturated carbocycles. The Bertz CT molecular complexity index is 634. The number of aliphatic hydroxyl groups excluding tert-OH is 1. The minimum absolute atomic E-state index is 0.209. The Morgan fingerprint density at radius 3 is 2.41 bits per heavy atom. The van der Waals surface area contributed by atoms with Gasteiger partial charge in [0, 0.05) is 52.4 Å². The number of hydrogen-bond acceptors (Lipinski definition) is 6. The highest BCUT2D eigenvalue weighted by Gasteiger charge is 2.40. The van der Waals surface area contributed by atoms with Crippen molar-refractivity contribution in [2.75, 3.05) is 65.6 Å². The van der Waals surface area contributed by atoms with Crippen molar-refractivity contribution in [3.8, 4) is 5.75 Å². The van der Waals surface area contributed by atoms with Gasteiger partial charge in [-0.1, -0.05) is 19.1 Å². The summed E-state index contributed by atoms with van der Waals surface area (Å²) < 4.78 is 11.7. The Morgan fingerprint density at radius 2 is 1.76 bits per heavy atom. The van der Waals surface area contributed by atoms with Crippen LogP contribution in [0.15, 0.2) is 24.3 Å². The number of likely N-dealkylation sites (N-methyl/N-ethyl adjacent to an activating group) is 1. The average molecular weight is 404 g/mol. The molecular formula is C23H37N3O3. The molecule has 3 aliphatic rings. The van der Waals surface area contributed by atoms with Crippen molar-refractivity contribution in [2.24, 2.45) is 0 Å². The van der Waals surface area contributed by atoms with E-state index in [0.717, 1.165) is 77.6 Å². The van der Waals surface area contributed by atoms with Crippen LogP contribution in [-0.4, -0.2) is 97.1 Å². The molecule has 3 fully saturated rings. The smallest absolute Gasteiger partial charge is 0.119 e. The molecule has 1 aromatic carbocycles. The molecule has 1 aromatic rings. The number of piperazine rings is 1. The average Bonchev–Trinajstić information content (AvgIpc) is 2.73. The molecule has 0 bridgehead atoms. The Hall–Kier alpha value is -1.18. The summed E-state index contributed by atoms with van der Waals surface area (Å²) in [5.74, 6) is 0.855. The molecule has 0 aliphatic carbocycles. The first kappa shape index (κ1) is 21.1. The topological polar surface area (TPSA) is 48.4 Å². The number of hydrogen-bond donors (Lipinski definition) is 1. The van der Waals surface area contributed by atoms with Crippen LogP contribution in [0.2, 0.25) is 0 Å². The van der Waals surface area contributed by atoms with Crippen LogP contribution in [0.4, 0.5) is 0 Å². The minimum atomic E-state index is -0.451. The lowest BCUT2D eigenvalue weighted by atomic mass is 9.84. The van der Waals surface area contributed by atoms with Gasteiger partial charge in [-0.3, -0.25) is 9.80 Å². The third-order valence-electron chi connectivity index (χ3n) is 6.86. The van der Waals surface area contributed by atoms with Crippen molar-refractivity contribution in [3.05, 3.63) is 29.8 Å². The number of rotatable bonds is 8. The fraction of sp³-hybridized carbons (Fsp3) is 0.739. The summed E-state index contributed by atoms with van der Waals surface area (Å²) in [6.45, 7) is 12.7. The van der Waals surface area contributed by atoms with E-state index in [2.05, 4.69) is 39.8 Å². The number of nitrogens with zero attached hydrogens (tertiary/aromatic N) is 3. The van der Waals surface area contributed by atoms with Gasteiger partial charge in [0.25, 0.3) is 0 Å². The number of benzene rings is 1. The molecule has 162 valence electrons. The van der Waals surface area contributed by atoms with Crippen molar-refractivity contribution >= 4 is 0 Å². The van der Waals surface area contributed by atoms with Crippen molar-refractivity contribution in [1.82, 2.24) is 14.7 Å². The zero-order valence-electron chi connectivity index (χ0n) is 17.9. The maximum Gasteiger partial charge on any atom is 0.119 e.